The number of halogens is 1. The van der Waals surface area contributed by atoms with Crippen molar-refractivity contribution in [1.82, 2.24) is 5.43 Å². The fraction of sp³-hybridized carbons (Fsp3) is 0.516. The fourth-order valence-corrected chi connectivity index (χ4v) is 4.34. The Hall–Kier alpha value is -2.67. The van der Waals surface area contributed by atoms with Gasteiger partial charge in [-0.15, -0.1) is 0 Å². The number of esters is 1. The second kappa shape index (κ2) is 19.4. The smallest absolute Gasteiger partial charge is 0.343 e. The zero-order valence-electron chi connectivity index (χ0n) is 23.0. The molecule has 0 saturated heterocycles. The maximum atomic E-state index is 12.7. The average Bonchev–Trinajstić information content (AvgIpc) is 2.92. The minimum Gasteiger partial charge on any atom is -0.494 e. The molecule has 0 radical (unpaired) electrons. The summed E-state index contributed by atoms with van der Waals surface area (Å²) in [6.07, 6.45) is 16.5. The molecular formula is C31H43BrN2O4. The molecule has 1 N–H and O–H groups in total. The Morgan fingerprint density at radius 1 is 0.842 bits per heavy atom. The molecule has 0 heterocycles. The highest BCUT2D eigenvalue weighted by molar-refractivity contribution is 9.10. The molecule has 0 saturated carbocycles. The van der Waals surface area contributed by atoms with Gasteiger partial charge in [0.1, 0.15) is 11.5 Å². The Morgan fingerprint density at radius 3 is 2.11 bits per heavy atom. The van der Waals surface area contributed by atoms with Gasteiger partial charge >= 0.3 is 5.97 Å². The van der Waals surface area contributed by atoms with Crippen LogP contribution in [0.4, 0.5) is 0 Å². The number of ether oxygens (including phenoxy) is 2. The largest absolute Gasteiger partial charge is 0.494 e. The van der Waals surface area contributed by atoms with Gasteiger partial charge in [-0.3, -0.25) is 4.79 Å². The van der Waals surface area contributed by atoms with Crippen molar-refractivity contribution < 1.29 is 19.1 Å². The number of hydrazone groups is 1. The first-order chi connectivity index (χ1) is 18.5. The van der Waals surface area contributed by atoms with Crippen LogP contribution in [0, 0.1) is 0 Å². The molecule has 2 aromatic rings. The van der Waals surface area contributed by atoms with E-state index in [-0.39, 0.29) is 5.91 Å². The number of nitrogens with one attached hydrogen (secondary N) is 1. The predicted molar refractivity (Wildman–Crippen MR) is 158 cm³/mol. The quantitative estimate of drug-likeness (QED) is 0.0587. The van der Waals surface area contributed by atoms with E-state index < -0.39 is 5.97 Å². The van der Waals surface area contributed by atoms with Crippen LogP contribution < -0.4 is 14.9 Å². The van der Waals surface area contributed by atoms with Crippen molar-refractivity contribution in [2.24, 2.45) is 5.10 Å². The molecule has 0 bridgehead atoms. The topological polar surface area (TPSA) is 77.0 Å². The lowest BCUT2D eigenvalue weighted by Gasteiger charge is -2.09. The van der Waals surface area contributed by atoms with E-state index in [1.165, 1.54) is 64.0 Å². The minimum absolute atomic E-state index is 0.115. The number of hydrogen-bond acceptors (Lipinski definition) is 5. The van der Waals surface area contributed by atoms with Crippen LogP contribution in [0.1, 0.15) is 113 Å². The normalized spacial score (nSPS) is 11.0. The molecule has 0 unspecified atom stereocenters. The minimum atomic E-state index is -0.482. The lowest BCUT2D eigenvalue weighted by molar-refractivity contribution is -0.121. The second-order valence-electron chi connectivity index (χ2n) is 9.52. The number of benzene rings is 2. The average molecular weight is 588 g/mol. The molecule has 0 aliphatic rings. The van der Waals surface area contributed by atoms with Crippen LogP contribution in [0.2, 0.25) is 0 Å². The van der Waals surface area contributed by atoms with Crippen molar-refractivity contribution in [2.45, 2.75) is 97.3 Å². The number of hydrogen-bond donors (Lipinski definition) is 1. The molecule has 1 amide bonds. The molecule has 208 valence electrons. The molecule has 7 heteroatoms. The van der Waals surface area contributed by atoms with Crippen LogP contribution in [0.15, 0.2) is 52.0 Å². The summed E-state index contributed by atoms with van der Waals surface area (Å²) in [5.74, 6) is 0.470. The number of rotatable bonds is 19. The molecule has 0 aliphatic carbocycles. The highest BCUT2D eigenvalue weighted by Gasteiger charge is 2.12. The maximum absolute atomic E-state index is 12.7. The van der Waals surface area contributed by atoms with Crippen molar-refractivity contribution >= 4 is 34.0 Å². The van der Waals surface area contributed by atoms with Gasteiger partial charge in [0.2, 0.25) is 5.91 Å². The zero-order chi connectivity index (χ0) is 27.4. The Kier molecular flexibility index (Phi) is 16.1. The van der Waals surface area contributed by atoms with Gasteiger partial charge in [0.15, 0.2) is 0 Å². The Morgan fingerprint density at radius 2 is 1.47 bits per heavy atom. The number of unbranched alkanes of at least 4 members (excludes halogenated alkanes) is 10. The Bertz CT molecular complexity index is 992. The van der Waals surface area contributed by atoms with E-state index in [0.29, 0.717) is 35.7 Å². The van der Waals surface area contributed by atoms with Crippen LogP contribution >= 0.6 is 15.9 Å². The summed E-state index contributed by atoms with van der Waals surface area (Å²) in [6, 6.07) is 12.1. The monoisotopic (exact) mass is 586 g/mol. The summed E-state index contributed by atoms with van der Waals surface area (Å²) in [6.45, 7) is 4.91. The van der Waals surface area contributed by atoms with Crippen molar-refractivity contribution in [1.29, 1.82) is 0 Å². The molecule has 38 heavy (non-hydrogen) atoms. The Labute approximate surface area is 236 Å². The van der Waals surface area contributed by atoms with Gasteiger partial charge < -0.3 is 9.47 Å². The maximum Gasteiger partial charge on any atom is 0.343 e. The highest BCUT2D eigenvalue weighted by Crippen LogP contribution is 2.23. The third-order valence-electron chi connectivity index (χ3n) is 6.14. The van der Waals surface area contributed by atoms with E-state index in [1.54, 1.807) is 42.5 Å². The second-order valence-corrected chi connectivity index (χ2v) is 10.4. The first-order valence-electron chi connectivity index (χ1n) is 14.1. The summed E-state index contributed by atoms with van der Waals surface area (Å²) >= 11 is 3.43. The summed E-state index contributed by atoms with van der Waals surface area (Å²) in [5, 5.41) is 4.08. The third kappa shape index (κ3) is 13.2. The first kappa shape index (κ1) is 31.5. The van der Waals surface area contributed by atoms with Crippen molar-refractivity contribution in [2.75, 3.05) is 6.61 Å². The van der Waals surface area contributed by atoms with E-state index in [2.05, 4.69) is 33.4 Å². The fourth-order valence-electron chi connectivity index (χ4n) is 3.96. The van der Waals surface area contributed by atoms with E-state index in [4.69, 9.17) is 9.47 Å². The standard InChI is InChI=1S/C31H43BrN2O4/c1-3-5-6-7-8-9-10-11-12-13-14-15-30(35)34-33-24-26-23-27(32)18-21-29(26)38-31(36)25-16-19-28(20-17-25)37-22-4-2/h16-21,23-24H,3-15,22H2,1-2H3,(H,34,35). The summed E-state index contributed by atoms with van der Waals surface area (Å²) < 4.78 is 12.0. The van der Waals surface area contributed by atoms with Crippen molar-refractivity contribution in [3.8, 4) is 11.5 Å². The molecule has 0 aliphatic heterocycles. The van der Waals surface area contributed by atoms with Crippen LogP contribution in [-0.4, -0.2) is 24.7 Å². The molecule has 0 atom stereocenters. The number of nitrogens with zero attached hydrogens (tertiary/aromatic N) is 1. The molecule has 0 aromatic heterocycles. The van der Waals surface area contributed by atoms with E-state index in [1.807, 2.05) is 6.92 Å². The number of carbonyl (C=O) groups excluding carboxylic acids is 2. The van der Waals surface area contributed by atoms with Gasteiger partial charge in [-0.25, -0.2) is 10.2 Å². The summed E-state index contributed by atoms with van der Waals surface area (Å²) in [7, 11) is 0. The molecule has 6 nitrogen and oxygen atoms in total. The molecule has 0 fully saturated rings. The van der Waals surface area contributed by atoms with E-state index >= 15 is 0 Å². The molecular weight excluding hydrogens is 544 g/mol. The molecule has 0 spiro atoms. The number of carbonyl (C=O) groups is 2. The zero-order valence-corrected chi connectivity index (χ0v) is 24.6. The lowest BCUT2D eigenvalue weighted by Crippen LogP contribution is -2.17. The van der Waals surface area contributed by atoms with Crippen LogP contribution in [0.25, 0.3) is 0 Å². The van der Waals surface area contributed by atoms with Crippen LogP contribution in [0.3, 0.4) is 0 Å². The van der Waals surface area contributed by atoms with Crippen molar-refractivity contribution in [3.63, 3.8) is 0 Å². The van der Waals surface area contributed by atoms with Crippen LogP contribution in [0.5, 0.6) is 11.5 Å². The highest BCUT2D eigenvalue weighted by atomic mass is 79.9. The molecule has 2 aromatic carbocycles. The Balaban J connectivity index is 1.73. The first-order valence-corrected chi connectivity index (χ1v) is 14.9. The predicted octanol–water partition coefficient (Wildman–Crippen LogP) is 8.61. The van der Waals surface area contributed by atoms with Gasteiger partial charge in [0.05, 0.1) is 18.4 Å². The number of amides is 1. The van der Waals surface area contributed by atoms with Gasteiger partial charge in [-0.1, -0.05) is 94.0 Å². The summed E-state index contributed by atoms with van der Waals surface area (Å²) in [4.78, 5) is 24.8. The van der Waals surface area contributed by atoms with Gasteiger partial charge in [0.25, 0.3) is 0 Å². The van der Waals surface area contributed by atoms with E-state index in [0.717, 1.165) is 23.7 Å². The lowest BCUT2D eigenvalue weighted by atomic mass is 10.1. The van der Waals surface area contributed by atoms with Gasteiger partial charge in [0, 0.05) is 16.5 Å². The van der Waals surface area contributed by atoms with E-state index in [9.17, 15) is 9.59 Å². The SMILES string of the molecule is CCCCCCCCCCCCCC(=O)NN=Cc1cc(Br)ccc1OC(=O)c1ccc(OCCC)cc1. The molecule has 2 rings (SSSR count). The van der Waals surface area contributed by atoms with Gasteiger partial charge in [-0.2, -0.15) is 5.10 Å². The van der Waals surface area contributed by atoms with Gasteiger partial charge in [-0.05, 0) is 55.3 Å². The summed E-state index contributed by atoms with van der Waals surface area (Å²) in [5.41, 5.74) is 3.57. The van der Waals surface area contributed by atoms with Crippen LogP contribution in [-0.2, 0) is 4.79 Å². The van der Waals surface area contributed by atoms with Crippen molar-refractivity contribution in [3.05, 3.63) is 58.1 Å². The third-order valence-corrected chi connectivity index (χ3v) is 6.63.